The molecule has 2 aromatic rings. The summed E-state index contributed by atoms with van der Waals surface area (Å²) in [6, 6.07) is 11.2. The third kappa shape index (κ3) is 2.83. The largest absolute Gasteiger partial charge is 0.207 e. The van der Waals surface area contributed by atoms with Crippen LogP contribution in [0.2, 0.25) is 0 Å². The minimum Gasteiger partial charge on any atom is -0.207 e. The molecule has 0 heterocycles. The van der Waals surface area contributed by atoms with E-state index in [1.165, 1.54) is 6.07 Å². The summed E-state index contributed by atoms with van der Waals surface area (Å²) in [5, 5.41) is 0. The van der Waals surface area contributed by atoms with E-state index < -0.39 is 0 Å². The molecule has 0 nitrogen and oxygen atoms in total. The SMILES string of the molecule is CC(C)c1c(F)cccc1-c1cc(Br)cc(Br)c1. The molecule has 0 saturated heterocycles. The normalized spacial score (nSPS) is 11.0. The molecule has 0 amide bonds. The zero-order valence-corrected chi connectivity index (χ0v) is 13.3. The highest BCUT2D eigenvalue weighted by Gasteiger charge is 2.14. The molecule has 0 aliphatic heterocycles. The highest BCUT2D eigenvalue weighted by molar-refractivity contribution is 9.11. The summed E-state index contributed by atoms with van der Waals surface area (Å²) in [5.74, 6) is 0.0116. The van der Waals surface area contributed by atoms with E-state index in [2.05, 4.69) is 31.9 Å². The molecule has 94 valence electrons. The Labute approximate surface area is 123 Å². The number of benzene rings is 2. The lowest BCUT2D eigenvalue weighted by Crippen LogP contribution is -1.97. The lowest BCUT2D eigenvalue weighted by molar-refractivity contribution is 0.599. The van der Waals surface area contributed by atoms with Gasteiger partial charge in [-0.05, 0) is 46.9 Å². The molecule has 0 radical (unpaired) electrons. The molecule has 0 spiro atoms. The van der Waals surface area contributed by atoms with Gasteiger partial charge in [0, 0.05) is 8.95 Å². The van der Waals surface area contributed by atoms with Crippen molar-refractivity contribution in [1.29, 1.82) is 0 Å². The van der Waals surface area contributed by atoms with Crippen molar-refractivity contribution in [1.82, 2.24) is 0 Å². The van der Waals surface area contributed by atoms with E-state index in [1.54, 1.807) is 6.07 Å². The van der Waals surface area contributed by atoms with Crippen LogP contribution in [0.25, 0.3) is 11.1 Å². The van der Waals surface area contributed by atoms with Crippen molar-refractivity contribution in [2.45, 2.75) is 19.8 Å². The van der Waals surface area contributed by atoms with Crippen LogP contribution in [0.1, 0.15) is 25.3 Å². The number of rotatable bonds is 2. The van der Waals surface area contributed by atoms with E-state index in [-0.39, 0.29) is 11.7 Å². The van der Waals surface area contributed by atoms with Crippen molar-refractivity contribution in [2.75, 3.05) is 0 Å². The smallest absolute Gasteiger partial charge is 0.127 e. The highest BCUT2D eigenvalue weighted by Crippen LogP contribution is 2.34. The fraction of sp³-hybridized carbons (Fsp3) is 0.200. The Kier molecular flexibility index (Phi) is 4.23. The Balaban J connectivity index is 2.67. The predicted octanol–water partition coefficient (Wildman–Crippen LogP) is 6.14. The van der Waals surface area contributed by atoms with Gasteiger partial charge in [0.2, 0.25) is 0 Å². The molecule has 18 heavy (non-hydrogen) atoms. The molecule has 0 fully saturated rings. The van der Waals surface area contributed by atoms with E-state index in [1.807, 2.05) is 38.1 Å². The van der Waals surface area contributed by atoms with Crippen LogP contribution >= 0.6 is 31.9 Å². The molecule has 0 aliphatic rings. The first kappa shape index (κ1) is 13.8. The molecule has 0 unspecified atom stereocenters. The van der Waals surface area contributed by atoms with Crippen LogP contribution in [0.3, 0.4) is 0 Å². The second-order valence-electron chi connectivity index (χ2n) is 4.51. The molecule has 3 heteroatoms. The number of halogens is 3. The summed E-state index contributed by atoms with van der Waals surface area (Å²) in [6.45, 7) is 4.02. The Morgan fingerprint density at radius 2 is 1.61 bits per heavy atom. The van der Waals surface area contributed by atoms with Gasteiger partial charge in [-0.25, -0.2) is 4.39 Å². The molecule has 0 aromatic heterocycles. The second kappa shape index (κ2) is 5.54. The fourth-order valence-electron chi connectivity index (χ4n) is 2.08. The molecular weight excluding hydrogens is 359 g/mol. The third-order valence-electron chi connectivity index (χ3n) is 2.80. The highest BCUT2D eigenvalue weighted by atomic mass is 79.9. The van der Waals surface area contributed by atoms with Crippen LogP contribution in [0.15, 0.2) is 45.3 Å². The van der Waals surface area contributed by atoms with Crippen molar-refractivity contribution in [3.05, 3.63) is 56.7 Å². The Hall–Kier alpha value is -0.670. The van der Waals surface area contributed by atoms with Crippen molar-refractivity contribution >= 4 is 31.9 Å². The lowest BCUT2D eigenvalue weighted by atomic mass is 9.92. The van der Waals surface area contributed by atoms with Gasteiger partial charge in [0.1, 0.15) is 5.82 Å². The summed E-state index contributed by atoms with van der Waals surface area (Å²) in [4.78, 5) is 0. The molecule has 0 aliphatic carbocycles. The molecule has 0 N–H and O–H groups in total. The number of hydrogen-bond donors (Lipinski definition) is 0. The summed E-state index contributed by atoms with van der Waals surface area (Å²) in [5.41, 5.74) is 2.73. The van der Waals surface area contributed by atoms with Gasteiger partial charge in [-0.1, -0.05) is 57.8 Å². The first-order valence-electron chi connectivity index (χ1n) is 5.74. The predicted molar refractivity (Wildman–Crippen MR) is 81.3 cm³/mol. The van der Waals surface area contributed by atoms with E-state index in [0.717, 1.165) is 25.6 Å². The summed E-state index contributed by atoms with van der Waals surface area (Å²) in [7, 11) is 0. The minimum absolute atomic E-state index is 0.140. The number of hydrogen-bond acceptors (Lipinski definition) is 0. The van der Waals surface area contributed by atoms with Gasteiger partial charge in [-0.2, -0.15) is 0 Å². The molecule has 2 aromatic carbocycles. The molecule has 2 rings (SSSR count). The Morgan fingerprint density at radius 3 is 2.17 bits per heavy atom. The molecular formula is C15H13Br2F. The Morgan fingerprint density at radius 1 is 1.00 bits per heavy atom. The maximum atomic E-state index is 14.0. The monoisotopic (exact) mass is 370 g/mol. The third-order valence-corrected chi connectivity index (χ3v) is 3.72. The van der Waals surface area contributed by atoms with Crippen LogP contribution in [0.4, 0.5) is 4.39 Å². The Bertz CT molecular complexity index is 556. The zero-order chi connectivity index (χ0) is 13.3. The first-order valence-corrected chi connectivity index (χ1v) is 7.32. The fourth-order valence-corrected chi connectivity index (χ4v) is 3.38. The van der Waals surface area contributed by atoms with Crippen molar-refractivity contribution in [3.8, 4) is 11.1 Å². The van der Waals surface area contributed by atoms with Gasteiger partial charge in [-0.3, -0.25) is 0 Å². The maximum absolute atomic E-state index is 14.0. The summed E-state index contributed by atoms with van der Waals surface area (Å²) in [6.07, 6.45) is 0. The van der Waals surface area contributed by atoms with Gasteiger partial charge < -0.3 is 0 Å². The second-order valence-corrected chi connectivity index (χ2v) is 6.35. The molecule has 0 saturated carbocycles. The molecule has 0 atom stereocenters. The van der Waals surface area contributed by atoms with E-state index >= 15 is 0 Å². The van der Waals surface area contributed by atoms with Crippen LogP contribution in [0.5, 0.6) is 0 Å². The average molecular weight is 372 g/mol. The molecule has 0 bridgehead atoms. The van der Waals surface area contributed by atoms with Crippen LogP contribution in [0, 0.1) is 5.82 Å². The van der Waals surface area contributed by atoms with Gasteiger partial charge in [0.25, 0.3) is 0 Å². The first-order chi connectivity index (χ1) is 8.49. The van der Waals surface area contributed by atoms with Crippen LogP contribution in [-0.4, -0.2) is 0 Å². The van der Waals surface area contributed by atoms with Gasteiger partial charge in [-0.15, -0.1) is 0 Å². The van der Waals surface area contributed by atoms with Crippen LogP contribution in [-0.2, 0) is 0 Å². The zero-order valence-electron chi connectivity index (χ0n) is 10.2. The quantitative estimate of drug-likeness (QED) is 0.594. The summed E-state index contributed by atoms with van der Waals surface area (Å²) >= 11 is 6.93. The average Bonchev–Trinajstić information content (AvgIpc) is 2.26. The standard InChI is InChI=1S/C15H13Br2F/c1-9(2)15-13(4-3-5-14(15)18)10-6-11(16)8-12(17)7-10/h3-9H,1-2H3. The summed E-state index contributed by atoms with van der Waals surface area (Å²) < 4.78 is 15.9. The van der Waals surface area contributed by atoms with Crippen molar-refractivity contribution in [3.63, 3.8) is 0 Å². The van der Waals surface area contributed by atoms with Crippen molar-refractivity contribution < 1.29 is 4.39 Å². The van der Waals surface area contributed by atoms with Crippen LogP contribution < -0.4 is 0 Å². The van der Waals surface area contributed by atoms with Gasteiger partial charge in [0.05, 0.1) is 0 Å². The van der Waals surface area contributed by atoms with E-state index in [4.69, 9.17) is 0 Å². The minimum atomic E-state index is -0.140. The van der Waals surface area contributed by atoms with Gasteiger partial charge in [0.15, 0.2) is 0 Å². The maximum Gasteiger partial charge on any atom is 0.127 e. The van der Waals surface area contributed by atoms with E-state index in [9.17, 15) is 4.39 Å². The topological polar surface area (TPSA) is 0 Å². The van der Waals surface area contributed by atoms with Crippen molar-refractivity contribution in [2.24, 2.45) is 0 Å². The van der Waals surface area contributed by atoms with E-state index in [0.29, 0.717) is 0 Å². The van der Waals surface area contributed by atoms with Gasteiger partial charge >= 0.3 is 0 Å². The lowest BCUT2D eigenvalue weighted by Gasteiger charge is -2.14.